The van der Waals surface area contributed by atoms with Crippen LogP contribution in [-0.4, -0.2) is 36.0 Å². The van der Waals surface area contributed by atoms with E-state index in [0.29, 0.717) is 5.41 Å². The molecule has 0 radical (unpaired) electrons. The van der Waals surface area contributed by atoms with Crippen molar-refractivity contribution in [3.8, 4) is 0 Å². The van der Waals surface area contributed by atoms with Crippen LogP contribution >= 0.6 is 12.4 Å². The van der Waals surface area contributed by atoms with Gasteiger partial charge in [0.25, 0.3) is 5.69 Å². The number of nitrogens with one attached hydrogen (secondary N) is 1. The Morgan fingerprint density at radius 1 is 1.43 bits per heavy atom. The summed E-state index contributed by atoms with van der Waals surface area (Å²) in [6, 6.07) is 5.40. The van der Waals surface area contributed by atoms with Gasteiger partial charge >= 0.3 is 0 Å². The molecule has 0 amide bonds. The van der Waals surface area contributed by atoms with Gasteiger partial charge in [0.15, 0.2) is 0 Å². The van der Waals surface area contributed by atoms with Crippen molar-refractivity contribution in [2.24, 2.45) is 5.41 Å². The summed E-state index contributed by atoms with van der Waals surface area (Å²) in [7, 11) is 0. The number of rotatable bonds is 3. The summed E-state index contributed by atoms with van der Waals surface area (Å²) in [4.78, 5) is 13.2. The summed E-state index contributed by atoms with van der Waals surface area (Å²) in [5.41, 5.74) is 2.58. The molecule has 2 aliphatic heterocycles. The van der Waals surface area contributed by atoms with E-state index in [1.165, 1.54) is 12.8 Å². The van der Waals surface area contributed by atoms with E-state index in [4.69, 9.17) is 0 Å². The summed E-state index contributed by atoms with van der Waals surface area (Å²) >= 11 is 0. The second-order valence-electron chi connectivity index (χ2n) is 6.21. The Hall–Kier alpha value is -1.17. The van der Waals surface area contributed by atoms with E-state index in [9.17, 15) is 10.1 Å². The molecule has 1 spiro atoms. The van der Waals surface area contributed by atoms with Crippen LogP contribution in [0.4, 0.5) is 5.69 Å². The van der Waals surface area contributed by atoms with Crippen LogP contribution in [0, 0.1) is 22.5 Å². The first-order valence-electron chi connectivity index (χ1n) is 7.26. The van der Waals surface area contributed by atoms with Gasteiger partial charge in [-0.05, 0) is 43.8 Å². The summed E-state index contributed by atoms with van der Waals surface area (Å²) < 4.78 is 0. The highest BCUT2D eigenvalue weighted by atomic mass is 35.5. The molecular weight excluding hydrogens is 290 g/mol. The first-order chi connectivity index (χ1) is 9.60. The smallest absolute Gasteiger partial charge is 0.272 e. The molecule has 0 bridgehead atoms. The second kappa shape index (κ2) is 6.30. The Kier molecular flexibility index (Phi) is 4.86. The van der Waals surface area contributed by atoms with Crippen LogP contribution < -0.4 is 5.32 Å². The Balaban J connectivity index is 0.00000161. The van der Waals surface area contributed by atoms with Gasteiger partial charge < -0.3 is 5.32 Å². The van der Waals surface area contributed by atoms with Crippen molar-refractivity contribution in [2.45, 2.75) is 26.3 Å². The Morgan fingerprint density at radius 3 is 2.90 bits per heavy atom. The number of nitrogens with zero attached hydrogens (tertiary/aromatic N) is 2. The molecule has 5 nitrogen and oxygen atoms in total. The monoisotopic (exact) mass is 311 g/mol. The minimum absolute atomic E-state index is 0. The van der Waals surface area contributed by atoms with Gasteiger partial charge in [-0.25, -0.2) is 0 Å². The SMILES string of the molecule is Cc1c(CN2CCC3(CCNC3)C2)cccc1[N+](=O)[O-].Cl. The third-order valence-corrected chi connectivity index (χ3v) is 4.86. The van der Waals surface area contributed by atoms with Gasteiger partial charge in [-0.1, -0.05) is 12.1 Å². The summed E-state index contributed by atoms with van der Waals surface area (Å²) in [6.07, 6.45) is 2.51. The molecule has 21 heavy (non-hydrogen) atoms. The summed E-state index contributed by atoms with van der Waals surface area (Å²) in [5, 5.41) is 14.5. The van der Waals surface area contributed by atoms with E-state index in [1.807, 2.05) is 13.0 Å². The van der Waals surface area contributed by atoms with Crippen molar-refractivity contribution in [3.05, 3.63) is 39.4 Å². The highest BCUT2D eigenvalue weighted by Crippen LogP contribution is 2.37. The third-order valence-electron chi connectivity index (χ3n) is 4.86. The largest absolute Gasteiger partial charge is 0.316 e. The first kappa shape index (κ1) is 16.2. The van der Waals surface area contributed by atoms with Crippen LogP contribution in [0.25, 0.3) is 0 Å². The van der Waals surface area contributed by atoms with Gasteiger partial charge in [0.2, 0.25) is 0 Å². The third kappa shape index (κ3) is 3.20. The number of halogens is 1. The van der Waals surface area contributed by atoms with Gasteiger partial charge in [-0.3, -0.25) is 15.0 Å². The molecule has 2 fully saturated rings. The molecule has 2 aliphatic rings. The van der Waals surface area contributed by atoms with Gasteiger partial charge in [0.05, 0.1) is 4.92 Å². The van der Waals surface area contributed by atoms with Crippen LogP contribution in [0.1, 0.15) is 24.0 Å². The van der Waals surface area contributed by atoms with E-state index >= 15 is 0 Å². The molecule has 0 aromatic heterocycles. The molecule has 116 valence electrons. The molecule has 1 aromatic rings. The van der Waals surface area contributed by atoms with Crippen molar-refractivity contribution in [3.63, 3.8) is 0 Å². The Labute approximate surface area is 131 Å². The minimum atomic E-state index is -0.287. The fraction of sp³-hybridized carbons (Fsp3) is 0.600. The van der Waals surface area contributed by atoms with Crippen molar-refractivity contribution >= 4 is 18.1 Å². The molecule has 2 heterocycles. The molecule has 6 heteroatoms. The lowest BCUT2D eigenvalue weighted by Gasteiger charge is -2.23. The fourth-order valence-corrected chi connectivity index (χ4v) is 3.59. The Morgan fingerprint density at radius 2 is 2.24 bits per heavy atom. The number of likely N-dealkylation sites (tertiary alicyclic amines) is 1. The van der Waals surface area contributed by atoms with Crippen LogP contribution in [0.5, 0.6) is 0 Å². The van der Waals surface area contributed by atoms with Crippen LogP contribution in [0.15, 0.2) is 18.2 Å². The van der Waals surface area contributed by atoms with Crippen molar-refractivity contribution in [1.82, 2.24) is 10.2 Å². The number of hydrogen-bond donors (Lipinski definition) is 1. The minimum Gasteiger partial charge on any atom is -0.316 e. The highest BCUT2D eigenvalue weighted by Gasteiger charge is 2.40. The molecule has 1 aromatic carbocycles. The maximum atomic E-state index is 11.0. The lowest BCUT2D eigenvalue weighted by molar-refractivity contribution is -0.385. The second-order valence-corrected chi connectivity index (χ2v) is 6.21. The van der Waals surface area contributed by atoms with Gasteiger partial charge in [-0.2, -0.15) is 0 Å². The normalized spacial score (nSPS) is 25.2. The molecule has 0 saturated carbocycles. The zero-order valence-corrected chi connectivity index (χ0v) is 13.1. The Bertz CT molecular complexity index is 530. The highest BCUT2D eigenvalue weighted by molar-refractivity contribution is 5.85. The summed E-state index contributed by atoms with van der Waals surface area (Å²) in [5.74, 6) is 0. The van der Waals surface area contributed by atoms with Crippen molar-refractivity contribution < 1.29 is 4.92 Å². The lowest BCUT2D eigenvalue weighted by Crippen LogP contribution is -2.29. The lowest BCUT2D eigenvalue weighted by atomic mass is 9.86. The topological polar surface area (TPSA) is 58.4 Å². The maximum absolute atomic E-state index is 11.0. The molecule has 2 saturated heterocycles. The molecule has 0 aliphatic carbocycles. The van der Waals surface area contributed by atoms with Crippen LogP contribution in [0.3, 0.4) is 0 Å². The van der Waals surface area contributed by atoms with E-state index in [1.54, 1.807) is 12.1 Å². The molecule has 1 atom stereocenters. The quantitative estimate of drug-likeness (QED) is 0.688. The predicted molar refractivity (Wildman–Crippen MR) is 84.9 cm³/mol. The number of hydrogen-bond acceptors (Lipinski definition) is 4. The standard InChI is InChI=1S/C15H21N3O2.ClH/c1-12-13(3-2-4-14(12)18(19)20)9-17-8-6-15(11-17)5-7-16-10-15;/h2-4,16H,5-11H2,1H3;1H. The average molecular weight is 312 g/mol. The van der Waals surface area contributed by atoms with E-state index in [0.717, 1.165) is 43.9 Å². The van der Waals surface area contributed by atoms with Gasteiger partial charge in [0, 0.05) is 31.3 Å². The van der Waals surface area contributed by atoms with E-state index < -0.39 is 0 Å². The number of nitro benzene ring substituents is 1. The zero-order chi connectivity index (χ0) is 14.2. The predicted octanol–water partition coefficient (Wildman–Crippen LogP) is 2.51. The van der Waals surface area contributed by atoms with E-state index in [-0.39, 0.29) is 23.0 Å². The summed E-state index contributed by atoms with van der Waals surface area (Å²) in [6.45, 7) is 7.15. The number of benzene rings is 1. The first-order valence-corrected chi connectivity index (χ1v) is 7.26. The number of nitro groups is 1. The molecule has 1 unspecified atom stereocenters. The maximum Gasteiger partial charge on any atom is 0.272 e. The van der Waals surface area contributed by atoms with Crippen LogP contribution in [-0.2, 0) is 6.54 Å². The molecule has 1 N–H and O–H groups in total. The van der Waals surface area contributed by atoms with Crippen LogP contribution in [0.2, 0.25) is 0 Å². The van der Waals surface area contributed by atoms with Crippen molar-refractivity contribution in [2.75, 3.05) is 26.2 Å². The van der Waals surface area contributed by atoms with Gasteiger partial charge in [-0.15, -0.1) is 12.4 Å². The van der Waals surface area contributed by atoms with Gasteiger partial charge in [0.1, 0.15) is 0 Å². The van der Waals surface area contributed by atoms with E-state index in [2.05, 4.69) is 10.2 Å². The fourth-order valence-electron chi connectivity index (χ4n) is 3.59. The molecule has 3 rings (SSSR count). The average Bonchev–Trinajstić information content (AvgIpc) is 3.03. The molecular formula is C15H22ClN3O2. The zero-order valence-electron chi connectivity index (χ0n) is 12.3. The van der Waals surface area contributed by atoms with Crippen molar-refractivity contribution in [1.29, 1.82) is 0 Å².